The Bertz CT molecular complexity index is 1500. The van der Waals surface area contributed by atoms with Crippen molar-refractivity contribution in [3.05, 3.63) is 36.0 Å². The molecule has 2 aliphatic heterocycles. The number of nitrogens with zero attached hydrogens (tertiary/aromatic N) is 1. The van der Waals surface area contributed by atoms with Crippen LogP contribution in [0.3, 0.4) is 0 Å². The summed E-state index contributed by atoms with van der Waals surface area (Å²) in [7, 11) is -0.431. The van der Waals surface area contributed by atoms with Gasteiger partial charge in [-0.15, -0.1) is 0 Å². The summed E-state index contributed by atoms with van der Waals surface area (Å²) in [5, 5.41) is 20.3. The highest BCUT2D eigenvalue weighted by Gasteiger charge is 2.46. The fourth-order valence-corrected chi connectivity index (χ4v) is 10.5. The van der Waals surface area contributed by atoms with Gasteiger partial charge in [0.25, 0.3) is 5.91 Å². The first-order chi connectivity index (χ1) is 22.3. The molecule has 2 saturated carbocycles. The maximum Gasteiger partial charge on any atom is 0.268 e. The minimum atomic E-state index is -0.997. The van der Waals surface area contributed by atoms with Gasteiger partial charge >= 0.3 is 0 Å². The van der Waals surface area contributed by atoms with E-state index in [4.69, 9.17) is 0 Å². The van der Waals surface area contributed by atoms with Crippen molar-refractivity contribution >= 4 is 49.8 Å². The molecule has 2 aliphatic carbocycles. The molecule has 0 bridgehead atoms. The highest BCUT2D eigenvalue weighted by molar-refractivity contribution is 8.17. The number of nitriles is 1. The third-order valence-electron chi connectivity index (χ3n) is 10.7. The number of carbonyl (C=O) groups excluding carboxylic acids is 4. The molecule has 1 spiro atoms. The molecule has 2 saturated heterocycles. The van der Waals surface area contributed by atoms with E-state index in [1.54, 1.807) is 6.07 Å². The lowest BCUT2D eigenvalue weighted by atomic mass is 9.78. The summed E-state index contributed by atoms with van der Waals surface area (Å²) in [6.07, 6.45) is 13.8. The van der Waals surface area contributed by atoms with Gasteiger partial charge in [0.05, 0.1) is 6.04 Å². The summed E-state index contributed by atoms with van der Waals surface area (Å²) in [5.74, 6) is 0.262. The average Bonchev–Trinajstić information content (AvgIpc) is 3.81. The van der Waals surface area contributed by atoms with Crippen molar-refractivity contribution in [2.75, 3.05) is 11.5 Å². The molecule has 2 unspecified atom stereocenters. The Labute approximate surface area is 274 Å². The number of Topliss-reactive ketones (excluding diaryl/α,β-unsaturated/α-hetero) is 1. The number of aromatic amines is 1. The van der Waals surface area contributed by atoms with Crippen LogP contribution in [0.2, 0.25) is 0 Å². The van der Waals surface area contributed by atoms with Crippen LogP contribution in [-0.2, 0) is 14.4 Å². The molecule has 3 heterocycles. The lowest BCUT2D eigenvalue weighted by molar-refractivity contribution is -0.128. The molecule has 3 atom stereocenters. The van der Waals surface area contributed by atoms with E-state index in [0.717, 1.165) is 93.0 Å². The van der Waals surface area contributed by atoms with Crippen LogP contribution in [0.25, 0.3) is 10.9 Å². The Morgan fingerprint density at radius 1 is 0.935 bits per heavy atom. The highest BCUT2D eigenvalue weighted by atomic mass is 32.2. The largest absolute Gasteiger partial charge is 0.351 e. The molecule has 9 nitrogen and oxygen atoms in total. The minimum Gasteiger partial charge on any atom is -0.351 e. The number of para-hydroxylation sites is 1. The van der Waals surface area contributed by atoms with Crippen molar-refractivity contribution in [2.45, 2.75) is 114 Å². The van der Waals surface area contributed by atoms with Gasteiger partial charge in [-0.25, -0.2) is 0 Å². The van der Waals surface area contributed by atoms with E-state index < -0.39 is 34.4 Å². The van der Waals surface area contributed by atoms with Crippen molar-refractivity contribution in [3.8, 4) is 6.07 Å². The predicted molar refractivity (Wildman–Crippen MR) is 182 cm³/mol. The number of aromatic nitrogens is 1. The number of H-pyrrole nitrogens is 1. The summed E-state index contributed by atoms with van der Waals surface area (Å²) in [6.45, 7) is 0. The van der Waals surface area contributed by atoms with E-state index in [2.05, 4.69) is 27.0 Å². The Kier molecular flexibility index (Phi) is 10.3. The lowest BCUT2D eigenvalue weighted by Crippen LogP contribution is -2.53. The fraction of sp³-hybridized carbons (Fsp3) is 0.611. The van der Waals surface area contributed by atoms with Gasteiger partial charge in [0.15, 0.2) is 0 Å². The molecule has 246 valence electrons. The summed E-state index contributed by atoms with van der Waals surface area (Å²) < 4.78 is 0. The zero-order valence-corrected chi connectivity index (χ0v) is 27.5. The molecule has 10 heteroatoms. The first-order valence-electron chi connectivity index (χ1n) is 17.3. The second-order valence-electron chi connectivity index (χ2n) is 14.0. The molecule has 46 heavy (non-hydrogen) atoms. The Morgan fingerprint density at radius 3 is 2.37 bits per heavy atom. The summed E-state index contributed by atoms with van der Waals surface area (Å²) in [6, 6.07) is 9.78. The minimum absolute atomic E-state index is 0.0679. The highest BCUT2D eigenvalue weighted by Crippen LogP contribution is 2.39. The summed E-state index contributed by atoms with van der Waals surface area (Å²) >= 11 is 0. The first kappa shape index (κ1) is 32.5. The third kappa shape index (κ3) is 7.41. The number of nitrogens with one attached hydrogen (secondary N) is 4. The standard InChI is InChI=1S/C36H47N5O4S/c37-23-31(46-17-9-10-18-46)32(42)28(21-26-22-36(41-33(26)43)15-7-2-8-16-36)39-34(44)29(19-24-11-3-1-4-12-24)40-35(45)30-20-25-13-5-6-14-27(25)38-30/h5-6,13-14,20,24,26,28-29,38H,1-4,7-12,15-19,21-22H2,(H,39,44)(H,40,45)(H,41,43)/t26?,28?,29-/m0/s1. The van der Waals surface area contributed by atoms with Crippen LogP contribution in [-0.4, -0.2) is 62.5 Å². The summed E-state index contributed by atoms with van der Waals surface area (Å²) in [5.41, 5.74) is 0.978. The Morgan fingerprint density at radius 2 is 1.65 bits per heavy atom. The number of ketones is 1. The van der Waals surface area contributed by atoms with Crippen LogP contribution >= 0.6 is 10.5 Å². The van der Waals surface area contributed by atoms with Gasteiger partial charge in [0.1, 0.15) is 22.7 Å². The second kappa shape index (κ2) is 14.5. The average molecular weight is 646 g/mol. The lowest BCUT2D eigenvalue weighted by Gasteiger charge is -2.33. The van der Waals surface area contributed by atoms with E-state index in [0.29, 0.717) is 18.5 Å². The van der Waals surface area contributed by atoms with Crippen molar-refractivity contribution in [3.63, 3.8) is 0 Å². The third-order valence-corrected chi connectivity index (χ3v) is 13.1. The van der Waals surface area contributed by atoms with Gasteiger partial charge in [-0.1, -0.05) is 69.6 Å². The van der Waals surface area contributed by atoms with E-state index in [9.17, 15) is 24.4 Å². The number of carbonyl (C=O) groups is 4. The van der Waals surface area contributed by atoms with Gasteiger partial charge in [-0.2, -0.15) is 15.7 Å². The molecule has 3 amide bonds. The number of benzene rings is 1. The van der Waals surface area contributed by atoms with Crippen molar-refractivity contribution in [1.29, 1.82) is 5.26 Å². The molecule has 1 aromatic carbocycles. The maximum absolute atomic E-state index is 14.2. The number of hydrogen-bond acceptors (Lipinski definition) is 5. The van der Waals surface area contributed by atoms with Gasteiger partial charge in [0.2, 0.25) is 17.6 Å². The van der Waals surface area contributed by atoms with E-state index >= 15 is 0 Å². The smallest absolute Gasteiger partial charge is 0.268 e. The molecular formula is C36H47N5O4S. The maximum atomic E-state index is 14.2. The van der Waals surface area contributed by atoms with Gasteiger partial charge in [0, 0.05) is 22.4 Å². The fourth-order valence-electron chi connectivity index (χ4n) is 8.21. The molecule has 4 N–H and O–H groups in total. The number of fused-ring (bicyclic) bond motifs is 1. The molecule has 6 rings (SSSR count). The number of hydrogen-bond donors (Lipinski definition) is 4. The molecule has 0 radical (unpaired) electrons. The van der Waals surface area contributed by atoms with E-state index in [-0.39, 0.29) is 40.3 Å². The van der Waals surface area contributed by atoms with Crippen LogP contribution in [0.15, 0.2) is 30.3 Å². The number of rotatable bonds is 10. The Hall–Kier alpha value is -3.45. The molecule has 4 fully saturated rings. The second-order valence-corrected chi connectivity index (χ2v) is 16.2. The molecule has 1 aromatic heterocycles. The predicted octanol–water partition coefficient (Wildman–Crippen LogP) is 5.28. The van der Waals surface area contributed by atoms with Crippen molar-refractivity contribution < 1.29 is 19.2 Å². The van der Waals surface area contributed by atoms with Crippen LogP contribution in [0.4, 0.5) is 0 Å². The topological polar surface area (TPSA) is 144 Å². The van der Waals surface area contributed by atoms with Crippen molar-refractivity contribution in [1.82, 2.24) is 20.9 Å². The molecule has 4 aliphatic rings. The van der Waals surface area contributed by atoms with E-state index in [1.165, 1.54) is 6.42 Å². The SMILES string of the molecule is N#CC(C(=O)C(CC1CC2(CCCCC2)NC1=O)NC(=O)[C@H](CC1CCCCC1)NC(=O)c1cc2ccccc2[nH]1)=S1CCCC1. The van der Waals surface area contributed by atoms with Crippen LogP contribution in [0.1, 0.15) is 107 Å². The normalized spacial score (nSPS) is 23.0. The van der Waals surface area contributed by atoms with Gasteiger partial charge in [-0.3, -0.25) is 19.2 Å². The van der Waals surface area contributed by atoms with Gasteiger partial charge in [-0.05, 0) is 74.5 Å². The molecule has 2 aromatic rings. The van der Waals surface area contributed by atoms with Crippen LogP contribution < -0.4 is 16.0 Å². The first-order valence-corrected chi connectivity index (χ1v) is 18.9. The summed E-state index contributed by atoms with van der Waals surface area (Å²) in [4.78, 5) is 58.5. The van der Waals surface area contributed by atoms with Crippen LogP contribution in [0, 0.1) is 23.2 Å². The van der Waals surface area contributed by atoms with Crippen molar-refractivity contribution in [2.24, 2.45) is 11.8 Å². The zero-order valence-electron chi connectivity index (χ0n) is 26.7. The molecular weight excluding hydrogens is 598 g/mol. The quantitative estimate of drug-likeness (QED) is 0.260. The zero-order chi connectivity index (χ0) is 32.1. The van der Waals surface area contributed by atoms with E-state index in [1.807, 2.05) is 24.3 Å². The van der Waals surface area contributed by atoms with Gasteiger partial charge < -0.3 is 20.9 Å². The van der Waals surface area contributed by atoms with Crippen LogP contribution in [0.5, 0.6) is 0 Å². The monoisotopic (exact) mass is 645 g/mol. The Balaban J connectivity index is 1.25. The number of amides is 3.